The van der Waals surface area contributed by atoms with Gasteiger partial charge in [0, 0.05) is 31.9 Å². The maximum atomic E-state index is 12.3. The molecule has 1 saturated heterocycles. The van der Waals surface area contributed by atoms with Gasteiger partial charge in [-0.1, -0.05) is 13.0 Å². The summed E-state index contributed by atoms with van der Waals surface area (Å²) in [6, 6.07) is 5.77. The highest BCUT2D eigenvalue weighted by molar-refractivity contribution is 5.78. The third-order valence-electron chi connectivity index (χ3n) is 5.57. The average Bonchev–Trinajstić information content (AvgIpc) is 3.36. The molecule has 0 radical (unpaired) electrons. The fraction of sp³-hybridized carbons (Fsp3) is 0.524. The van der Waals surface area contributed by atoms with E-state index in [9.17, 15) is 4.79 Å². The topological polar surface area (TPSA) is 68.6 Å². The van der Waals surface area contributed by atoms with E-state index in [4.69, 9.17) is 9.47 Å². The minimum absolute atomic E-state index is 0.0685. The Hall–Kier alpha value is -2.54. The molecule has 150 valence electrons. The molecule has 2 aliphatic heterocycles. The van der Waals surface area contributed by atoms with Crippen LogP contribution in [0.1, 0.15) is 31.2 Å². The van der Waals surface area contributed by atoms with Crippen LogP contribution in [0.2, 0.25) is 0 Å². The van der Waals surface area contributed by atoms with Crippen molar-refractivity contribution in [3.8, 4) is 11.5 Å². The number of nitrogens with zero attached hydrogens (tertiary/aromatic N) is 3. The van der Waals surface area contributed by atoms with Crippen LogP contribution >= 0.6 is 0 Å². The fourth-order valence-corrected chi connectivity index (χ4v) is 3.94. The summed E-state index contributed by atoms with van der Waals surface area (Å²) in [5.41, 5.74) is 1.02. The van der Waals surface area contributed by atoms with Gasteiger partial charge in [0.05, 0.1) is 6.54 Å². The molecule has 3 heterocycles. The summed E-state index contributed by atoms with van der Waals surface area (Å²) in [5, 5.41) is 3.01. The lowest BCUT2D eigenvalue weighted by Gasteiger charge is -2.31. The first kappa shape index (κ1) is 18.8. The van der Waals surface area contributed by atoms with Crippen molar-refractivity contribution in [2.75, 3.05) is 26.4 Å². The molecule has 1 fully saturated rings. The van der Waals surface area contributed by atoms with E-state index in [1.807, 2.05) is 24.4 Å². The van der Waals surface area contributed by atoms with E-state index >= 15 is 0 Å². The van der Waals surface area contributed by atoms with Crippen molar-refractivity contribution >= 4 is 5.91 Å². The van der Waals surface area contributed by atoms with Gasteiger partial charge in [-0.05, 0) is 49.5 Å². The zero-order chi connectivity index (χ0) is 19.3. The van der Waals surface area contributed by atoms with Gasteiger partial charge >= 0.3 is 0 Å². The first-order valence-electron chi connectivity index (χ1n) is 10.1. The monoisotopic (exact) mass is 384 g/mol. The van der Waals surface area contributed by atoms with Gasteiger partial charge in [0.15, 0.2) is 11.5 Å². The summed E-state index contributed by atoms with van der Waals surface area (Å²) in [5.74, 6) is 3.40. The molecule has 0 bridgehead atoms. The largest absolute Gasteiger partial charge is 0.454 e. The molecular formula is C21H28N4O3. The van der Waals surface area contributed by atoms with Crippen LogP contribution in [0.5, 0.6) is 11.5 Å². The number of benzene rings is 1. The molecule has 7 nitrogen and oxygen atoms in total. The van der Waals surface area contributed by atoms with Crippen LogP contribution in [0.25, 0.3) is 0 Å². The predicted octanol–water partition coefficient (Wildman–Crippen LogP) is 2.20. The number of piperidine rings is 1. The number of imidazole rings is 1. The molecule has 1 N–H and O–H groups in total. The lowest BCUT2D eigenvalue weighted by molar-refractivity contribution is -0.122. The highest BCUT2D eigenvalue weighted by Crippen LogP contribution is 2.32. The van der Waals surface area contributed by atoms with E-state index in [2.05, 4.69) is 32.9 Å². The van der Waals surface area contributed by atoms with Crippen molar-refractivity contribution in [2.24, 2.45) is 5.92 Å². The number of carbonyl (C=O) groups is 1. The van der Waals surface area contributed by atoms with E-state index in [-0.39, 0.29) is 12.7 Å². The number of hydrogen-bond acceptors (Lipinski definition) is 5. The molecule has 1 aromatic heterocycles. The molecule has 28 heavy (non-hydrogen) atoms. The average molecular weight is 384 g/mol. The summed E-state index contributed by atoms with van der Waals surface area (Å²) >= 11 is 0. The summed E-state index contributed by atoms with van der Waals surface area (Å²) in [4.78, 5) is 19.0. The Morgan fingerprint density at radius 2 is 2.07 bits per heavy atom. The lowest BCUT2D eigenvalue weighted by atomic mass is 9.96. The smallest absolute Gasteiger partial charge is 0.234 e. The second kappa shape index (κ2) is 8.65. The highest BCUT2D eigenvalue weighted by Gasteiger charge is 2.22. The van der Waals surface area contributed by atoms with Crippen LogP contribution < -0.4 is 14.8 Å². The molecule has 4 rings (SSSR count). The molecule has 2 aliphatic rings. The Morgan fingerprint density at radius 1 is 1.25 bits per heavy atom. The Kier molecular flexibility index (Phi) is 5.81. The van der Waals surface area contributed by atoms with Gasteiger partial charge in [0.1, 0.15) is 5.82 Å². The number of nitrogens with one attached hydrogen (secondary N) is 1. The fourth-order valence-electron chi connectivity index (χ4n) is 3.94. The summed E-state index contributed by atoms with van der Waals surface area (Å²) in [6.07, 6.45) is 7.18. The number of rotatable bonds is 7. The predicted molar refractivity (Wildman–Crippen MR) is 105 cm³/mol. The number of ether oxygens (including phenoxy) is 2. The van der Waals surface area contributed by atoms with Crippen LogP contribution in [0.4, 0.5) is 0 Å². The molecule has 0 unspecified atom stereocenters. The summed E-state index contributed by atoms with van der Waals surface area (Å²) in [7, 11) is 0. The van der Waals surface area contributed by atoms with Crippen molar-refractivity contribution in [3.63, 3.8) is 0 Å². The van der Waals surface area contributed by atoms with E-state index < -0.39 is 0 Å². The molecule has 0 aliphatic carbocycles. The maximum absolute atomic E-state index is 12.3. The Bertz CT molecular complexity index is 812. The molecule has 0 atom stereocenters. The molecule has 1 amide bonds. The van der Waals surface area contributed by atoms with Gasteiger partial charge in [0.2, 0.25) is 12.7 Å². The zero-order valence-corrected chi connectivity index (χ0v) is 16.4. The molecule has 2 aromatic rings. The van der Waals surface area contributed by atoms with E-state index in [1.165, 1.54) is 0 Å². The number of likely N-dealkylation sites (tertiary alicyclic amines) is 1. The Labute approximate surface area is 165 Å². The number of amides is 1. The molecule has 7 heteroatoms. The van der Waals surface area contributed by atoms with Gasteiger partial charge < -0.3 is 19.4 Å². The number of aromatic nitrogens is 2. The van der Waals surface area contributed by atoms with Crippen LogP contribution in [-0.4, -0.2) is 46.8 Å². The Morgan fingerprint density at radius 3 is 2.89 bits per heavy atom. The minimum Gasteiger partial charge on any atom is -0.454 e. The first-order valence-corrected chi connectivity index (χ1v) is 10.1. The van der Waals surface area contributed by atoms with Gasteiger partial charge in [0.25, 0.3) is 0 Å². The van der Waals surface area contributed by atoms with Gasteiger partial charge in [-0.2, -0.15) is 0 Å². The SMILES string of the molecule is CCc1nccn1CC1CCN(CC(=O)NCc2ccc3c(c2)OCO3)CC1. The van der Waals surface area contributed by atoms with Crippen LogP contribution in [0.15, 0.2) is 30.6 Å². The normalized spacial score (nSPS) is 17.0. The minimum atomic E-state index is 0.0685. The van der Waals surface area contributed by atoms with Crippen molar-refractivity contribution < 1.29 is 14.3 Å². The second-order valence-corrected chi connectivity index (χ2v) is 7.53. The van der Waals surface area contributed by atoms with Gasteiger partial charge in [-0.25, -0.2) is 4.98 Å². The van der Waals surface area contributed by atoms with Gasteiger partial charge in [-0.3, -0.25) is 9.69 Å². The second-order valence-electron chi connectivity index (χ2n) is 7.53. The quantitative estimate of drug-likeness (QED) is 0.793. The van der Waals surface area contributed by atoms with E-state index in [1.54, 1.807) is 0 Å². The maximum Gasteiger partial charge on any atom is 0.234 e. The number of hydrogen-bond donors (Lipinski definition) is 1. The van der Waals surface area contributed by atoms with Crippen LogP contribution in [0, 0.1) is 5.92 Å². The highest BCUT2D eigenvalue weighted by atomic mass is 16.7. The molecule has 1 aromatic carbocycles. The molecular weight excluding hydrogens is 356 g/mol. The van der Waals surface area contributed by atoms with Gasteiger partial charge in [-0.15, -0.1) is 0 Å². The molecule has 0 spiro atoms. The summed E-state index contributed by atoms with van der Waals surface area (Å²) in [6.45, 7) is 6.35. The summed E-state index contributed by atoms with van der Waals surface area (Å²) < 4.78 is 13.0. The number of aryl methyl sites for hydroxylation is 1. The lowest BCUT2D eigenvalue weighted by Crippen LogP contribution is -2.41. The van der Waals surface area contributed by atoms with Crippen LogP contribution in [0.3, 0.4) is 0 Å². The van der Waals surface area contributed by atoms with Crippen molar-refractivity contribution in [1.82, 2.24) is 19.8 Å². The van der Waals surface area contributed by atoms with Crippen molar-refractivity contribution in [2.45, 2.75) is 39.3 Å². The standard InChI is InChI=1S/C21H28N4O3/c1-2-20-22-7-10-25(20)13-16-5-8-24(9-6-16)14-21(26)23-12-17-3-4-18-19(11-17)28-15-27-18/h3-4,7,10-11,16H,2,5-6,8-9,12-15H2,1H3,(H,23,26). The van der Waals surface area contributed by atoms with Crippen LogP contribution in [-0.2, 0) is 24.3 Å². The van der Waals surface area contributed by atoms with E-state index in [0.717, 1.165) is 61.8 Å². The number of fused-ring (bicyclic) bond motifs is 1. The third kappa shape index (κ3) is 4.47. The van der Waals surface area contributed by atoms with Crippen molar-refractivity contribution in [1.29, 1.82) is 0 Å². The van der Waals surface area contributed by atoms with E-state index in [0.29, 0.717) is 19.0 Å². The molecule has 0 saturated carbocycles. The third-order valence-corrected chi connectivity index (χ3v) is 5.57. The Balaban J connectivity index is 1.19. The first-order chi connectivity index (χ1) is 13.7. The number of carbonyl (C=O) groups excluding carboxylic acids is 1. The van der Waals surface area contributed by atoms with Crippen molar-refractivity contribution in [3.05, 3.63) is 42.0 Å². The zero-order valence-electron chi connectivity index (χ0n) is 16.4.